The number of hydrogen-bond donors (Lipinski definition) is 3. The van der Waals surface area contributed by atoms with Crippen LogP contribution in [0.15, 0.2) is 10.4 Å². The SMILES string of the molecule is CN=C(NCC(=O)NC1CC1)NCc1nc(C)cs1. The van der Waals surface area contributed by atoms with E-state index >= 15 is 0 Å². The lowest BCUT2D eigenvalue weighted by Crippen LogP contribution is -2.43. The summed E-state index contributed by atoms with van der Waals surface area (Å²) < 4.78 is 0. The van der Waals surface area contributed by atoms with Crippen LogP contribution in [0, 0.1) is 6.92 Å². The minimum absolute atomic E-state index is 0.00976. The van der Waals surface area contributed by atoms with Crippen LogP contribution in [0.25, 0.3) is 0 Å². The number of aryl methyl sites for hydroxylation is 1. The van der Waals surface area contributed by atoms with E-state index in [0.717, 1.165) is 23.5 Å². The van der Waals surface area contributed by atoms with Crippen molar-refractivity contribution < 1.29 is 4.79 Å². The van der Waals surface area contributed by atoms with Gasteiger partial charge in [-0.05, 0) is 19.8 Å². The lowest BCUT2D eigenvalue weighted by atomic mass is 10.5. The first-order valence-electron chi connectivity index (χ1n) is 6.32. The average molecular weight is 281 g/mol. The third kappa shape index (κ3) is 4.86. The number of amides is 1. The molecule has 1 aromatic rings. The van der Waals surface area contributed by atoms with E-state index in [4.69, 9.17) is 0 Å². The molecular weight excluding hydrogens is 262 g/mol. The van der Waals surface area contributed by atoms with Crippen LogP contribution in [0.3, 0.4) is 0 Å². The Hall–Kier alpha value is -1.63. The van der Waals surface area contributed by atoms with Crippen LogP contribution in [0.5, 0.6) is 0 Å². The van der Waals surface area contributed by atoms with E-state index in [1.807, 2.05) is 12.3 Å². The van der Waals surface area contributed by atoms with Gasteiger partial charge in [-0.25, -0.2) is 4.98 Å². The number of nitrogens with one attached hydrogen (secondary N) is 3. The third-order valence-corrected chi connectivity index (χ3v) is 3.62. The van der Waals surface area contributed by atoms with E-state index < -0.39 is 0 Å². The fourth-order valence-corrected chi connectivity index (χ4v) is 2.25. The Morgan fingerprint density at radius 3 is 2.89 bits per heavy atom. The summed E-state index contributed by atoms with van der Waals surface area (Å²) in [5, 5.41) is 12.0. The molecule has 19 heavy (non-hydrogen) atoms. The summed E-state index contributed by atoms with van der Waals surface area (Å²) in [6.45, 7) is 2.82. The second-order valence-electron chi connectivity index (χ2n) is 4.50. The Morgan fingerprint density at radius 1 is 1.53 bits per heavy atom. The Kier molecular flexibility index (Phi) is 4.73. The van der Waals surface area contributed by atoms with E-state index in [-0.39, 0.29) is 12.5 Å². The quantitative estimate of drug-likeness (QED) is 0.539. The van der Waals surface area contributed by atoms with Crippen LogP contribution in [-0.4, -0.2) is 36.5 Å². The summed E-state index contributed by atoms with van der Waals surface area (Å²) in [5.74, 6) is 0.620. The second-order valence-corrected chi connectivity index (χ2v) is 5.45. The van der Waals surface area contributed by atoms with Gasteiger partial charge in [0, 0.05) is 24.2 Å². The van der Waals surface area contributed by atoms with Gasteiger partial charge >= 0.3 is 0 Å². The number of nitrogens with zero attached hydrogens (tertiary/aromatic N) is 2. The van der Waals surface area contributed by atoms with Gasteiger partial charge in [0.25, 0.3) is 0 Å². The van der Waals surface area contributed by atoms with Crippen LogP contribution in [0.2, 0.25) is 0 Å². The van der Waals surface area contributed by atoms with Crippen molar-refractivity contribution in [3.63, 3.8) is 0 Å². The standard InChI is InChI=1S/C12H19N5OS/c1-8-7-19-11(16-8)6-15-12(13-2)14-5-10(18)17-9-3-4-9/h7,9H,3-6H2,1-2H3,(H,17,18)(H2,13,14,15). The van der Waals surface area contributed by atoms with Crippen molar-refractivity contribution >= 4 is 23.2 Å². The number of aromatic nitrogens is 1. The van der Waals surface area contributed by atoms with Crippen molar-refractivity contribution in [3.8, 4) is 0 Å². The van der Waals surface area contributed by atoms with Gasteiger partial charge in [-0.3, -0.25) is 9.79 Å². The summed E-state index contributed by atoms with van der Waals surface area (Å²) in [7, 11) is 1.68. The molecule has 1 aliphatic carbocycles. The maximum Gasteiger partial charge on any atom is 0.239 e. The predicted molar refractivity (Wildman–Crippen MR) is 76.2 cm³/mol. The zero-order valence-corrected chi connectivity index (χ0v) is 12.0. The van der Waals surface area contributed by atoms with Crippen LogP contribution in [0.1, 0.15) is 23.5 Å². The molecule has 0 unspecified atom stereocenters. The molecule has 0 aromatic carbocycles. The summed E-state index contributed by atoms with van der Waals surface area (Å²) in [6.07, 6.45) is 2.20. The highest BCUT2D eigenvalue weighted by Gasteiger charge is 2.22. The van der Waals surface area contributed by atoms with Crippen molar-refractivity contribution in [2.24, 2.45) is 4.99 Å². The summed E-state index contributed by atoms with van der Waals surface area (Å²) in [6, 6.07) is 0.391. The van der Waals surface area contributed by atoms with Crippen LogP contribution >= 0.6 is 11.3 Å². The zero-order valence-electron chi connectivity index (χ0n) is 11.2. The molecule has 1 aromatic heterocycles. The molecule has 0 bridgehead atoms. The molecule has 2 rings (SSSR count). The van der Waals surface area contributed by atoms with Gasteiger partial charge in [-0.1, -0.05) is 0 Å². The molecule has 104 valence electrons. The number of aliphatic imine (C=N–C) groups is 1. The van der Waals surface area contributed by atoms with E-state index in [2.05, 4.69) is 25.9 Å². The van der Waals surface area contributed by atoms with Gasteiger partial charge in [-0.15, -0.1) is 11.3 Å². The predicted octanol–water partition coefficient (Wildman–Crippen LogP) is 0.395. The van der Waals surface area contributed by atoms with Gasteiger partial charge in [0.1, 0.15) is 5.01 Å². The fraction of sp³-hybridized carbons (Fsp3) is 0.583. The molecular formula is C12H19N5OS. The first kappa shape index (κ1) is 13.8. The molecule has 1 fully saturated rings. The van der Waals surface area contributed by atoms with Crippen molar-refractivity contribution in [1.29, 1.82) is 0 Å². The van der Waals surface area contributed by atoms with Crippen LogP contribution < -0.4 is 16.0 Å². The highest BCUT2D eigenvalue weighted by Crippen LogP contribution is 2.18. The van der Waals surface area contributed by atoms with Gasteiger partial charge < -0.3 is 16.0 Å². The lowest BCUT2D eigenvalue weighted by molar-refractivity contribution is -0.120. The molecule has 1 aliphatic rings. The largest absolute Gasteiger partial charge is 0.352 e. The second kappa shape index (κ2) is 6.51. The topological polar surface area (TPSA) is 78.4 Å². The van der Waals surface area contributed by atoms with Crippen molar-refractivity contribution in [3.05, 3.63) is 16.1 Å². The molecule has 3 N–H and O–H groups in total. The van der Waals surface area contributed by atoms with E-state index in [9.17, 15) is 4.79 Å². The number of guanidine groups is 1. The number of carbonyl (C=O) groups is 1. The molecule has 0 atom stereocenters. The molecule has 0 aliphatic heterocycles. The maximum absolute atomic E-state index is 11.5. The fourth-order valence-electron chi connectivity index (χ4n) is 1.53. The molecule has 1 saturated carbocycles. The highest BCUT2D eigenvalue weighted by atomic mass is 32.1. The van der Waals surface area contributed by atoms with Crippen molar-refractivity contribution in [1.82, 2.24) is 20.9 Å². The van der Waals surface area contributed by atoms with Crippen molar-refractivity contribution in [2.45, 2.75) is 32.4 Å². The minimum atomic E-state index is 0.00976. The Labute approximate surface area is 116 Å². The number of thiazole rings is 1. The summed E-state index contributed by atoms with van der Waals surface area (Å²) >= 11 is 1.61. The molecule has 7 heteroatoms. The van der Waals surface area contributed by atoms with E-state index in [0.29, 0.717) is 18.5 Å². The first-order chi connectivity index (χ1) is 9.17. The van der Waals surface area contributed by atoms with Gasteiger partial charge in [0.15, 0.2) is 5.96 Å². The average Bonchev–Trinajstić information content (AvgIpc) is 3.10. The van der Waals surface area contributed by atoms with Crippen molar-refractivity contribution in [2.75, 3.05) is 13.6 Å². The van der Waals surface area contributed by atoms with Gasteiger partial charge in [-0.2, -0.15) is 0 Å². The maximum atomic E-state index is 11.5. The zero-order chi connectivity index (χ0) is 13.7. The van der Waals surface area contributed by atoms with Gasteiger partial charge in [0.2, 0.25) is 5.91 Å². The minimum Gasteiger partial charge on any atom is -0.352 e. The Balaban J connectivity index is 1.69. The molecule has 6 nitrogen and oxygen atoms in total. The molecule has 0 saturated heterocycles. The molecule has 1 amide bonds. The number of hydrogen-bond acceptors (Lipinski definition) is 4. The first-order valence-corrected chi connectivity index (χ1v) is 7.20. The summed E-state index contributed by atoms with van der Waals surface area (Å²) in [4.78, 5) is 19.9. The smallest absolute Gasteiger partial charge is 0.239 e. The monoisotopic (exact) mass is 281 g/mol. The number of rotatable bonds is 5. The third-order valence-electron chi connectivity index (χ3n) is 2.66. The van der Waals surface area contributed by atoms with E-state index in [1.54, 1.807) is 18.4 Å². The molecule has 1 heterocycles. The number of carbonyl (C=O) groups excluding carboxylic acids is 1. The Bertz CT molecular complexity index is 466. The van der Waals surface area contributed by atoms with E-state index in [1.165, 1.54) is 0 Å². The highest BCUT2D eigenvalue weighted by molar-refractivity contribution is 7.09. The molecule has 0 spiro atoms. The van der Waals surface area contributed by atoms with Crippen LogP contribution in [-0.2, 0) is 11.3 Å². The molecule has 0 radical (unpaired) electrons. The normalized spacial score (nSPS) is 15.2. The lowest BCUT2D eigenvalue weighted by Gasteiger charge is -2.10. The van der Waals surface area contributed by atoms with Gasteiger partial charge in [0.05, 0.1) is 13.1 Å². The summed E-state index contributed by atoms with van der Waals surface area (Å²) in [5.41, 5.74) is 1.02. The van der Waals surface area contributed by atoms with Crippen LogP contribution in [0.4, 0.5) is 0 Å². The Morgan fingerprint density at radius 2 is 2.32 bits per heavy atom.